The summed E-state index contributed by atoms with van der Waals surface area (Å²) in [6, 6.07) is 3.98. The van der Waals surface area contributed by atoms with E-state index in [9.17, 15) is 4.79 Å². The molecule has 3 atom stereocenters. The van der Waals surface area contributed by atoms with Crippen molar-refractivity contribution < 1.29 is 23.7 Å². The number of carbonyl (C=O) groups is 1. The molecule has 2 aliphatic heterocycles. The topological polar surface area (TPSA) is 69.3 Å². The number of nitrogens with one attached hydrogen (secondary N) is 1. The smallest absolute Gasteiger partial charge is 0.253 e. The second kappa shape index (κ2) is 8.80. The van der Waals surface area contributed by atoms with Crippen LogP contribution < -0.4 is 19.5 Å². The fourth-order valence-corrected chi connectivity index (χ4v) is 4.09. The Hall–Kier alpha value is -1.99. The van der Waals surface area contributed by atoms with Crippen molar-refractivity contribution in [3.05, 3.63) is 17.7 Å². The zero-order chi connectivity index (χ0) is 19.4. The zero-order valence-corrected chi connectivity index (χ0v) is 16.6. The highest BCUT2D eigenvalue weighted by molar-refractivity contribution is 5.95. The number of carbonyl (C=O) groups excluding carboxylic acids is 1. The monoisotopic (exact) mass is 378 g/mol. The number of methoxy groups -OCH3 is 3. The number of rotatable bonds is 6. The first-order chi connectivity index (χ1) is 13.1. The molecule has 0 spiro atoms. The first-order valence-electron chi connectivity index (χ1n) is 9.61. The molecule has 0 radical (unpaired) electrons. The standard InChI is InChI=1S/C20H30N2O5/c1-5-14-12-27-20(15-8-6-7-9-22(14)15)21-19(23)13-10-16(24-2)18(26-4)17(11-13)25-3/h10-11,14-15,20H,5-9,12H2,1-4H3,(H,21,23)/t14-,15+,20-/m1/s1. The van der Waals surface area contributed by atoms with Gasteiger partial charge < -0.3 is 24.3 Å². The summed E-state index contributed by atoms with van der Waals surface area (Å²) >= 11 is 0. The van der Waals surface area contributed by atoms with E-state index >= 15 is 0 Å². The second-order valence-electron chi connectivity index (χ2n) is 7.00. The maximum atomic E-state index is 12.9. The molecule has 7 heteroatoms. The molecule has 0 unspecified atom stereocenters. The lowest BCUT2D eigenvalue weighted by Crippen LogP contribution is -2.62. The summed E-state index contributed by atoms with van der Waals surface area (Å²) in [7, 11) is 4.61. The minimum Gasteiger partial charge on any atom is -0.493 e. The Bertz CT molecular complexity index is 641. The van der Waals surface area contributed by atoms with E-state index in [1.807, 2.05) is 0 Å². The van der Waals surface area contributed by atoms with E-state index in [0.717, 1.165) is 25.8 Å². The van der Waals surface area contributed by atoms with Gasteiger partial charge in [0.25, 0.3) is 5.91 Å². The van der Waals surface area contributed by atoms with Crippen molar-refractivity contribution in [1.29, 1.82) is 0 Å². The molecular formula is C20H30N2O5. The predicted molar refractivity (Wildman–Crippen MR) is 102 cm³/mol. The molecule has 150 valence electrons. The van der Waals surface area contributed by atoms with Gasteiger partial charge in [0.05, 0.1) is 34.0 Å². The molecule has 7 nitrogen and oxygen atoms in total. The van der Waals surface area contributed by atoms with Crippen LogP contribution in [0.3, 0.4) is 0 Å². The third-order valence-electron chi connectivity index (χ3n) is 5.55. The lowest BCUT2D eigenvalue weighted by Gasteiger charge is -2.48. The van der Waals surface area contributed by atoms with E-state index in [-0.39, 0.29) is 18.2 Å². The maximum absolute atomic E-state index is 12.9. The number of amides is 1. The van der Waals surface area contributed by atoms with Gasteiger partial charge in [-0.25, -0.2) is 0 Å². The summed E-state index contributed by atoms with van der Waals surface area (Å²) in [6.45, 7) is 3.91. The van der Waals surface area contributed by atoms with Crippen LogP contribution in [0.4, 0.5) is 0 Å². The highest BCUT2D eigenvalue weighted by Crippen LogP contribution is 2.38. The third-order valence-corrected chi connectivity index (χ3v) is 5.55. The number of hydrogen-bond donors (Lipinski definition) is 1. The molecule has 2 aliphatic rings. The summed E-state index contributed by atoms with van der Waals surface area (Å²) in [6.07, 6.45) is 4.17. The molecule has 1 aromatic rings. The molecule has 1 amide bonds. The van der Waals surface area contributed by atoms with Gasteiger partial charge in [0.1, 0.15) is 6.23 Å². The van der Waals surface area contributed by atoms with Crippen LogP contribution in [0.5, 0.6) is 17.2 Å². The lowest BCUT2D eigenvalue weighted by molar-refractivity contribution is -0.124. The van der Waals surface area contributed by atoms with Crippen LogP contribution in [0.25, 0.3) is 0 Å². The molecule has 0 aliphatic carbocycles. The van der Waals surface area contributed by atoms with E-state index in [0.29, 0.717) is 35.5 Å². The highest BCUT2D eigenvalue weighted by Gasteiger charge is 2.39. The van der Waals surface area contributed by atoms with Gasteiger partial charge in [-0.15, -0.1) is 0 Å². The van der Waals surface area contributed by atoms with E-state index in [1.54, 1.807) is 12.1 Å². The SMILES string of the molecule is CC[C@@H]1CO[C@@H](NC(=O)c2cc(OC)c(OC)c(OC)c2)[C@@H]2CCCCN12. The van der Waals surface area contributed by atoms with Gasteiger partial charge in [-0.3, -0.25) is 9.69 Å². The third kappa shape index (κ3) is 3.99. The summed E-state index contributed by atoms with van der Waals surface area (Å²) < 4.78 is 22.1. The quantitative estimate of drug-likeness (QED) is 0.820. The number of morpholine rings is 1. The molecule has 1 aromatic carbocycles. The van der Waals surface area contributed by atoms with Crippen molar-refractivity contribution in [2.24, 2.45) is 0 Å². The fraction of sp³-hybridized carbons (Fsp3) is 0.650. The van der Waals surface area contributed by atoms with E-state index in [1.165, 1.54) is 27.8 Å². The molecule has 0 saturated carbocycles. The molecule has 3 rings (SSSR count). The van der Waals surface area contributed by atoms with Gasteiger partial charge in [-0.05, 0) is 37.9 Å². The Morgan fingerprint density at radius 1 is 1.19 bits per heavy atom. The largest absolute Gasteiger partial charge is 0.493 e. The summed E-state index contributed by atoms with van der Waals surface area (Å²) in [5.74, 6) is 1.17. The minimum absolute atomic E-state index is 0.209. The number of fused-ring (bicyclic) bond motifs is 1. The Labute approximate surface area is 160 Å². The fourth-order valence-electron chi connectivity index (χ4n) is 4.09. The van der Waals surface area contributed by atoms with Crippen molar-refractivity contribution in [1.82, 2.24) is 10.2 Å². The summed E-state index contributed by atoms with van der Waals surface area (Å²) in [4.78, 5) is 15.4. The number of piperidine rings is 1. The minimum atomic E-state index is -0.306. The van der Waals surface area contributed by atoms with Gasteiger partial charge in [0.2, 0.25) is 5.75 Å². The van der Waals surface area contributed by atoms with Gasteiger partial charge in [0, 0.05) is 11.6 Å². The Morgan fingerprint density at radius 3 is 2.48 bits per heavy atom. The van der Waals surface area contributed by atoms with Crippen LogP contribution in [-0.4, -0.2) is 63.6 Å². The van der Waals surface area contributed by atoms with Gasteiger partial charge in [-0.1, -0.05) is 13.3 Å². The van der Waals surface area contributed by atoms with Crippen molar-refractivity contribution in [2.75, 3.05) is 34.5 Å². The number of nitrogens with zero attached hydrogens (tertiary/aromatic N) is 1. The molecule has 2 saturated heterocycles. The summed E-state index contributed by atoms with van der Waals surface area (Å²) in [5, 5.41) is 3.06. The molecule has 0 bridgehead atoms. The van der Waals surface area contributed by atoms with E-state index in [2.05, 4.69) is 17.1 Å². The number of hydrogen-bond acceptors (Lipinski definition) is 6. The van der Waals surface area contributed by atoms with Crippen molar-refractivity contribution in [3.63, 3.8) is 0 Å². The second-order valence-corrected chi connectivity index (χ2v) is 7.00. The highest BCUT2D eigenvalue weighted by atomic mass is 16.5. The molecule has 27 heavy (non-hydrogen) atoms. The van der Waals surface area contributed by atoms with Crippen LogP contribution in [0.1, 0.15) is 43.0 Å². The van der Waals surface area contributed by atoms with E-state index in [4.69, 9.17) is 18.9 Å². The first-order valence-corrected chi connectivity index (χ1v) is 9.61. The average Bonchev–Trinajstić information content (AvgIpc) is 2.72. The number of ether oxygens (including phenoxy) is 4. The predicted octanol–water partition coefficient (Wildman–Crippen LogP) is 2.43. The number of benzene rings is 1. The first kappa shape index (κ1) is 19.8. The van der Waals surface area contributed by atoms with Crippen LogP contribution >= 0.6 is 0 Å². The Kier molecular flexibility index (Phi) is 6.44. The van der Waals surface area contributed by atoms with Crippen molar-refractivity contribution in [2.45, 2.75) is 50.9 Å². The maximum Gasteiger partial charge on any atom is 0.253 e. The Balaban J connectivity index is 1.78. The lowest BCUT2D eigenvalue weighted by atomic mass is 9.95. The van der Waals surface area contributed by atoms with Crippen LogP contribution in [0, 0.1) is 0 Å². The van der Waals surface area contributed by atoms with Gasteiger partial charge in [0.15, 0.2) is 11.5 Å². The molecule has 2 fully saturated rings. The average molecular weight is 378 g/mol. The van der Waals surface area contributed by atoms with Gasteiger partial charge in [-0.2, -0.15) is 0 Å². The molecule has 1 N–H and O–H groups in total. The van der Waals surface area contributed by atoms with Crippen molar-refractivity contribution >= 4 is 5.91 Å². The normalized spacial score (nSPS) is 25.4. The van der Waals surface area contributed by atoms with Crippen molar-refractivity contribution in [3.8, 4) is 17.2 Å². The van der Waals surface area contributed by atoms with E-state index < -0.39 is 0 Å². The molecule has 0 aromatic heterocycles. The van der Waals surface area contributed by atoms with Crippen LogP contribution in [0.15, 0.2) is 12.1 Å². The molecule has 2 heterocycles. The van der Waals surface area contributed by atoms with Gasteiger partial charge >= 0.3 is 0 Å². The Morgan fingerprint density at radius 2 is 1.89 bits per heavy atom. The van der Waals surface area contributed by atoms with Crippen LogP contribution in [-0.2, 0) is 4.74 Å². The van der Waals surface area contributed by atoms with Crippen LogP contribution in [0.2, 0.25) is 0 Å². The molecular weight excluding hydrogens is 348 g/mol. The zero-order valence-electron chi connectivity index (χ0n) is 16.6. The summed E-state index contributed by atoms with van der Waals surface area (Å²) in [5.41, 5.74) is 0.452.